The van der Waals surface area contributed by atoms with Crippen LogP contribution in [0.4, 0.5) is 4.79 Å². The third-order valence-electron chi connectivity index (χ3n) is 8.21. The van der Waals surface area contributed by atoms with Crippen LogP contribution >= 0.6 is 0 Å². The zero-order chi connectivity index (χ0) is 31.4. The lowest BCUT2D eigenvalue weighted by molar-refractivity contribution is -0.153. The van der Waals surface area contributed by atoms with Crippen LogP contribution in [0.25, 0.3) is 5.57 Å². The first kappa shape index (κ1) is 33.6. The number of amides is 2. The molecule has 1 aromatic heterocycles. The molecule has 1 fully saturated rings. The van der Waals surface area contributed by atoms with Gasteiger partial charge in [-0.3, -0.25) is 9.59 Å². The van der Waals surface area contributed by atoms with E-state index >= 15 is 0 Å². The van der Waals surface area contributed by atoms with Crippen molar-refractivity contribution in [3.8, 4) is 0 Å². The Balaban J connectivity index is 1.94. The van der Waals surface area contributed by atoms with Crippen LogP contribution in [0.2, 0.25) is 0 Å². The fraction of sp³-hybridized carbons (Fsp3) is 0.742. The van der Waals surface area contributed by atoms with E-state index in [1.165, 1.54) is 7.11 Å². The summed E-state index contributed by atoms with van der Waals surface area (Å²) in [5.74, 6) is -1.43. The molecule has 3 atom stereocenters. The third-order valence-corrected chi connectivity index (χ3v) is 8.21. The van der Waals surface area contributed by atoms with Gasteiger partial charge in [0, 0.05) is 59.1 Å². The van der Waals surface area contributed by atoms with Crippen molar-refractivity contribution in [2.45, 2.75) is 78.7 Å². The lowest BCUT2D eigenvalue weighted by Gasteiger charge is -2.42. The second-order valence-corrected chi connectivity index (χ2v) is 13.4. The molecule has 236 valence electrons. The fourth-order valence-corrected chi connectivity index (χ4v) is 5.57. The minimum Gasteiger partial charge on any atom is -0.469 e. The lowest BCUT2D eigenvalue weighted by Crippen LogP contribution is -2.46. The van der Waals surface area contributed by atoms with Crippen molar-refractivity contribution in [2.75, 3.05) is 55.0 Å². The largest absolute Gasteiger partial charge is 0.469 e. The molecule has 1 aliphatic carbocycles. The summed E-state index contributed by atoms with van der Waals surface area (Å²) in [6, 6.07) is 0. The quantitative estimate of drug-likeness (QED) is 0.395. The fourth-order valence-electron chi connectivity index (χ4n) is 5.57. The maximum Gasteiger partial charge on any atom is 0.410 e. The number of aromatic nitrogens is 2. The number of esters is 1. The zero-order valence-corrected chi connectivity index (χ0v) is 27.2. The van der Waals surface area contributed by atoms with Crippen molar-refractivity contribution in [2.24, 2.45) is 17.3 Å². The molecule has 0 bridgehead atoms. The molecular formula is C31H51N5O6. The molecule has 3 unspecified atom stereocenters. The van der Waals surface area contributed by atoms with Gasteiger partial charge in [0.2, 0.25) is 5.91 Å². The van der Waals surface area contributed by atoms with E-state index in [4.69, 9.17) is 19.3 Å². The number of carbonyl (C=O) groups is 3. The van der Waals surface area contributed by atoms with E-state index in [2.05, 4.69) is 4.90 Å². The summed E-state index contributed by atoms with van der Waals surface area (Å²) in [7, 11) is 8.59. The van der Waals surface area contributed by atoms with E-state index in [1.54, 1.807) is 30.9 Å². The van der Waals surface area contributed by atoms with Crippen molar-refractivity contribution < 1.29 is 28.6 Å². The molecule has 0 N–H and O–H groups in total. The number of carbonyl (C=O) groups excluding carboxylic acids is 3. The summed E-state index contributed by atoms with van der Waals surface area (Å²) in [4.78, 5) is 44.1. The molecule has 3 rings (SSSR count). The van der Waals surface area contributed by atoms with Gasteiger partial charge in [0.1, 0.15) is 11.8 Å². The molecule has 2 heterocycles. The molecule has 1 saturated heterocycles. The van der Waals surface area contributed by atoms with Crippen LogP contribution in [-0.2, 0) is 30.3 Å². The Morgan fingerprint density at radius 3 is 2.38 bits per heavy atom. The van der Waals surface area contributed by atoms with Crippen LogP contribution in [0.1, 0.15) is 77.8 Å². The smallest absolute Gasteiger partial charge is 0.410 e. The molecule has 0 spiro atoms. The number of methoxy groups -OCH3 is 1. The van der Waals surface area contributed by atoms with E-state index in [9.17, 15) is 14.4 Å². The maximum absolute atomic E-state index is 13.4. The van der Waals surface area contributed by atoms with E-state index in [1.807, 2.05) is 58.6 Å². The second-order valence-electron chi connectivity index (χ2n) is 13.4. The molecular weight excluding hydrogens is 538 g/mol. The minimum absolute atomic E-state index is 0.0648. The van der Waals surface area contributed by atoms with Crippen LogP contribution in [0.15, 0.2) is 12.3 Å². The first-order valence-electron chi connectivity index (χ1n) is 14.9. The van der Waals surface area contributed by atoms with Crippen molar-refractivity contribution in [1.82, 2.24) is 24.5 Å². The first-order chi connectivity index (χ1) is 19.5. The number of hydrogen-bond donors (Lipinski definition) is 0. The average molecular weight is 590 g/mol. The summed E-state index contributed by atoms with van der Waals surface area (Å²) in [5, 5.41) is 5.02. The van der Waals surface area contributed by atoms with E-state index in [0.717, 1.165) is 36.1 Å². The summed E-state index contributed by atoms with van der Waals surface area (Å²) < 4.78 is 18.6. The number of likely N-dealkylation sites (N-methyl/N-ethyl adjacent to an activating group) is 2. The molecule has 0 aromatic carbocycles. The number of rotatable bonds is 9. The van der Waals surface area contributed by atoms with Crippen LogP contribution in [0.3, 0.4) is 0 Å². The van der Waals surface area contributed by atoms with Crippen molar-refractivity contribution in [1.29, 1.82) is 0 Å². The normalized spacial score (nSPS) is 22.4. The molecule has 1 aromatic rings. The van der Waals surface area contributed by atoms with Crippen LogP contribution < -0.4 is 0 Å². The van der Waals surface area contributed by atoms with E-state index in [-0.39, 0.29) is 24.2 Å². The van der Waals surface area contributed by atoms with Gasteiger partial charge in [0.25, 0.3) is 0 Å². The van der Waals surface area contributed by atoms with Gasteiger partial charge in [-0.1, -0.05) is 19.9 Å². The van der Waals surface area contributed by atoms with Gasteiger partial charge in [-0.05, 0) is 64.5 Å². The highest BCUT2D eigenvalue weighted by atomic mass is 16.6. The maximum atomic E-state index is 13.4. The molecule has 0 radical (unpaired) electrons. The highest BCUT2D eigenvalue weighted by Crippen LogP contribution is 2.48. The number of nitrogens with zero attached hydrogens (tertiary/aromatic N) is 5. The Kier molecular flexibility index (Phi) is 10.9. The number of hydrogen-bond acceptors (Lipinski definition) is 8. The average Bonchev–Trinajstić information content (AvgIpc) is 3.33. The van der Waals surface area contributed by atoms with Crippen molar-refractivity contribution >= 4 is 23.5 Å². The van der Waals surface area contributed by atoms with Gasteiger partial charge >= 0.3 is 12.1 Å². The summed E-state index contributed by atoms with van der Waals surface area (Å²) in [5.41, 5.74) is 1.39. The van der Waals surface area contributed by atoms with Crippen molar-refractivity contribution in [3.05, 3.63) is 23.5 Å². The number of allylic oxidation sites excluding steroid dienone is 1. The summed E-state index contributed by atoms with van der Waals surface area (Å²) in [6.45, 7) is 11.8. The monoisotopic (exact) mass is 589 g/mol. The Morgan fingerprint density at radius 2 is 1.81 bits per heavy atom. The van der Waals surface area contributed by atoms with Gasteiger partial charge in [-0.2, -0.15) is 5.10 Å². The Morgan fingerprint density at radius 1 is 1.12 bits per heavy atom. The molecule has 2 amide bonds. The van der Waals surface area contributed by atoms with Gasteiger partial charge in [0.05, 0.1) is 24.6 Å². The molecule has 11 nitrogen and oxygen atoms in total. The predicted octanol–water partition coefficient (Wildman–Crippen LogP) is 4.19. The van der Waals surface area contributed by atoms with Crippen molar-refractivity contribution in [3.63, 3.8) is 0 Å². The lowest BCUT2D eigenvalue weighted by atomic mass is 9.62. The molecule has 1 aliphatic heterocycles. The van der Waals surface area contributed by atoms with Gasteiger partial charge < -0.3 is 28.9 Å². The standard InChI is InChI=1S/C31H51N5O6/c1-30(2,3)42-29(39)35(9)15-14-34(8)19-22-20-36(25-13-11-12-16-41-25)32-26(22)21-17-23(27(37)33(6)7)31(4,5)24(18-21)28(38)40-10/h17,20,23-25H,11-16,18-19H2,1-10H3. The first-order valence-corrected chi connectivity index (χ1v) is 14.9. The summed E-state index contributed by atoms with van der Waals surface area (Å²) in [6.07, 6.45) is 6.87. The number of ether oxygens (including phenoxy) is 3. The predicted molar refractivity (Wildman–Crippen MR) is 160 cm³/mol. The van der Waals surface area contributed by atoms with E-state index < -0.39 is 22.9 Å². The molecule has 2 aliphatic rings. The SMILES string of the molecule is COC(=O)C1CC(c2nn(C3CCCCO3)cc2CN(C)CCN(C)C(=O)OC(C)(C)C)=CC(C(=O)N(C)C)C1(C)C. The minimum atomic E-state index is -0.643. The second kappa shape index (κ2) is 13.6. The third kappa shape index (κ3) is 8.12. The Labute approximate surface area is 251 Å². The topological polar surface area (TPSA) is 106 Å². The van der Waals surface area contributed by atoms with Gasteiger partial charge in [0.15, 0.2) is 0 Å². The molecule has 11 heteroatoms. The van der Waals surface area contributed by atoms with Gasteiger partial charge in [-0.15, -0.1) is 0 Å². The highest BCUT2D eigenvalue weighted by Gasteiger charge is 2.48. The zero-order valence-electron chi connectivity index (χ0n) is 27.2. The van der Waals surface area contributed by atoms with Crippen LogP contribution in [0.5, 0.6) is 0 Å². The van der Waals surface area contributed by atoms with E-state index in [0.29, 0.717) is 32.7 Å². The van der Waals surface area contributed by atoms with Gasteiger partial charge in [-0.25, -0.2) is 9.48 Å². The van der Waals surface area contributed by atoms with Crippen LogP contribution in [0, 0.1) is 17.3 Å². The Hall–Kier alpha value is -2.92. The Bertz CT molecular complexity index is 1150. The molecule has 0 saturated carbocycles. The summed E-state index contributed by atoms with van der Waals surface area (Å²) >= 11 is 0. The highest BCUT2D eigenvalue weighted by molar-refractivity contribution is 5.87. The molecule has 42 heavy (non-hydrogen) atoms. The van der Waals surface area contributed by atoms with Crippen LogP contribution in [-0.4, -0.2) is 103 Å².